The molecule has 1 aliphatic rings. The van der Waals surface area contributed by atoms with Gasteiger partial charge >= 0.3 is 0 Å². The summed E-state index contributed by atoms with van der Waals surface area (Å²) in [7, 11) is 0. The molecule has 124 valence electrons. The fourth-order valence-corrected chi connectivity index (χ4v) is 3.37. The lowest BCUT2D eigenvalue weighted by Gasteiger charge is -2.28. The predicted octanol–water partition coefficient (Wildman–Crippen LogP) is 4.75. The fraction of sp³-hybridized carbons (Fsp3) is 0.882. The highest BCUT2D eigenvalue weighted by Crippen LogP contribution is 2.33. The number of carbonyl (C=O) groups excluding carboxylic acids is 2. The third kappa shape index (κ3) is 9.18. The highest BCUT2D eigenvalue weighted by atomic mass is 32.2. The Morgan fingerprint density at radius 2 is 1.71 bits per heavy atom. The monoisotopic (exact) mass is 315 g/mol. The summed E-state index contributed by atoms with van der Waals surface area (Å²) in [6, 6.07) is 0. The second-order valence-electron chi connectivity index (χ2n) is 5.81. The van der Waals surface area contributed by atoms with Crippen molar-refractivity contribution in [1.29, 1.82) is 0 Å². The second kappa shape index (κ2) is 12.1. The zero-order chi connectivity index (χ0) is 16.3. The highest BCUT2D eigenvalue weighted by Gasteiger charge is 2.22. The molecule has 21 heavy (non-hydrogen) atoms. The Labute approximate surface area is 135 Å². The largest absolute Gasteiger partial charge is 0.300 e. The standard InChI is InChI=1S/C15H27NO2S.C2H6/c1-4-13(17)8-5-12-6-9-14(10-7-12)19-16-15(18)11(2)3;1-2/h11-12,14H,4-10H2,1-3H3,(H,16,18);1-2H3. The smallest absolute Gasteiger partial charge is 0.232 e. The molecule has 1 rings (SSSR count). The average molecular weight is 316 g/mol. The number of amides is 1. The van der Waals surface area contributed by atoms with Gasteiger partial charge in [0.05, 0.1) is 0 Å². The number of nitrogens with one attached hydrogen (secondary N) is 1. The van der Waals surface area contributed by atoms with Gasteiger partial charge in [-0.15, -0.1) is 0 Å². The molecule has 3 nitrogen and oxygen atoms in total. The number of ketones is 1. The Hall–Kier alpha value is -0.510. The highest BCUT2D eigenvalue weighted by molar-refractivity contribution is 7.98. The maximum absolute atomic E-state index is 11.5. The molecule has 0 saturated heterocycles. The van der Waals surface area contributed by atoms with E-state index in [1.807, 2.05) is 34.6 Å². The summed E-state index contributed by atoms with van der Waals surface area (Å²) < 4.78 is 2.95. The van der Waals surface area contributed by atoms with Gasteiger partial charge in [-0.05, 0) is 50.0 Å². The van der Waals surface area contributed by atoms with E-state index in [-0.39, 0.29) is 11.8 Å². The molecule has 0 spiro atoms. The van der Waals surface area contributed by atoms with E-state index < -0.39 is 0 Å². The van der Waals surface area contributed by atoms with Gasteiger partial charge in [-0.2, -0.15) is 0 Å². The average Bonchev–Trinajstić information content (AvgIpc) is 2.52. The zero-order valence-corrected chi connectivity index (χ0v) is 15.2. The molecule has 0 aliphatic heterocycles. The van der Waals surface area contributed by atoms with Crippen molar-refractivity contribution >= 4 is 23.6 Å². The summed E-state index contributed by atoms with van der Waals surface area (Å²) in [6.45, 7) is 9.77. The Morgan fingerprint density at radius 1 is 1.14 bits per heavy atom. The molecule has 1 aliphatic carbocycles. The van der Waals surface area contributed by atoms with Crippen LogP contribution in [0.5, 0.6) is 0 Å². The molecule has 0 radical (unpaired) electrons. The van der Waals surface area contributed by atoms with Crippen LogP contribution in [-0.4, -0.2) is 16.9 Å². The van der Waals surface area contributed by atoms with Gasteiger partial charge in [0.15, 0.2) is 0 Å². The molecule has 0 heterocycles. The molecule has 4 heteroatoms. The van der Waals surface area contributed by atoms with Gasteiger partial charge in [0, 0.05) is 24.0 Å². The lowest BCUT2D eigenvalue weighted by Crippen LogP contribution is -2.26. The quantitative estimate of drug-likeness (QED) is 0.689. The van der Waals surface area contributed by atoms with Crippen LogP contribution in [0.3, 0.4) is 0 Å². The maximum atomic E-state index is 11.5. The van der Waals surface area contributed by atoms with Crippen LogP contribution in [0.2, 0.25) is 0 Å². The minimum atomic E-state index is 0.0592. The fourth-order valence-electron chi connectivity index (χ4n) is 2.34. The zero-order valence-electron chi connectivity index (χ0n) is 14.4. The van der Waals surface area contributed by atoms with E-state index in [1.165, 1.54) is 12.8 Å². The van der Waals surface area contributed by atoms with Crippen LogP contribution in [-0.2, 0) is 9.59 Å². The molecule has 0 atom stereocenters. The second-order valence-corrected chi connectivity index (χ2v) is 6.92. The molecule has 0 bridgehead atoms. The molecule has 0 unspecified atom stereocenters. The molecule has 1 saturated carbocycles. The Balaban J connectivity index is 0.00000191. The van der Waals surface area contributed by atoms with Gasteiger partial charge in [0.1, 0.15) is 5.78 Å². The van der Waals surface area contributed by atoms with Crippen molar-refractivity contribution in [3.05, 3.63) is 0 Å². The molecule has 0 aromatic carbocycles. The van der Waals surface area contributed by atoms with Crippen LogP contribution in [0, 0.1) is 11.8 Å². The van der Waals surface area contributed by atoms with Crippen molar-refractivity contribution < 1.29 is 9.59 Å². The molecule has 0 aromatic rings. The predicted molar refractivity (Wildman–Crippen MR) is 92.2 cm³/mol. The van der Waals surface area contributed by atoms with E-state index in [4.69, 9.17) is 0 Å². The van der Waals surface area contributed by atoms with Crippen LogP contribution in [0.15, 0.2) is 0 Å². The van der Waals surface area contributed by atoms with E-state index in [0.717, 1.165) is 25.7 Å². The number of hydrogen-bond donors (Lipinski definition) is 1. The van der Waals surface area contributed by atoms with Crippen LogP contribution < -0.4 is 4.72 Å². The van der Waals surface area contributed by atoms with Crippen molar-refractivity contribution in [2.75, 3.05) is 0 Å². The molecule has 1 amide bonds. The van der Waals surface area contributed by atoms with Gasteiger partial charge in [0.2, 0.25) is 5.91 Å². The first-order valence-corrected chi connectivity index (χ1v) is 9.38. The van der Waals surface area contributed by atoms with Crippen molar-refractivity contribution in [1.82, 2.24) is 4.72 Å². The third-order valence-electron chi connectivity index (χ3n) is 3.87. The van der Waals surface area contributed by atoms with Gasteiger partial charge in [-0.25, -0.2) is 0 Å². The summed E-state index contributed by atoms with van der Waals surface area (Å²) in [5.74, 6) is 1.29. The van der Waals surface area contributed by atoms with Gasteiger partial charge in [-0.1, -0.05) is 34.6 Å². The Bertz CT molecular complexity index is 297. The first-order chi connectivity index (χ1) is 10.0. The SMILES string of the molecule is CC.CCC(=O)CCC1CCC(SNC(=O)C(C)C)CC1. The third-order valence-corrected chi connectivity index (χ3v) is 4.99. The van der Waals surface area contributed by atoms with E-state index >= 15 is 0 Å². The van der Waals surface area contributed by atoms with Gasteiger partial charge in [0.25, 0.3) is 0 Å². The summed E-state index contributed by atoms with van der Waals surface area (Å²) >= 11 is 1.60. The van der Waals surface area contributed by atoms with Crippen molar-refractivity contribution in [2.45, 2.75) is 84.8 Å². The molecular weight excluding hydrogens is 282 g/mol. The van der Waals surface area contributed by atoms with Gasteiger partial charge in [-0.3, -0.25) is 14.3 Å². The summed E-state index contributed by atoms with van der Waals surface area (Å²) in [4.78, 5) is 22.8. The van der Waals surface area contributed by atoms with E-state index in [0.29, 0.717) is 23.4 Å². The van der Waals surface area contributed by atoms with Crippen molar-refractivity contribution in [3.8, 4) is 0 Å². The summed E-state index contributed by atoms with van der Waals surface area (Å²) in [5, 5.41) is 0.556. The number of Topliss-reactive ketones (excluding diaryl/α,β-unsaturated/α-hetero) is 1. The Morgan fingerprint density at radius 3 is 2.19 bits per heavy atom. The van der Waals surface area contributed by atoms with E-state index in [2.05, 4.69) is 4.72 Å². The molecular formula is C17H33NO2S. The van der Waals surface area contributed by atoms with Crippen LogP contribution in [0.25, 0.3) is 0 Å². The van der Waals surface area contributed by atoms with E-state index in [1.54, 1.807) is 11.9 Å². The van der Waals surface area contributed by atoms with E-state index in [9.17, 15) is 9.59 Å². The van der Waals surface area contributed by atoms with Gasteiger partial charge < -0.3 is 0 Å². The normalized spacial score (nSPS) is 21.4. The molecule has 1 N–H and O–H groups in total. The minimum Gasteiger partial charge on any atom is -0.300 e. The summed E-state index contributed by atoms with van der Waals surface area (Å²) in [5.41, 5.74) is 0. The maximum Gasteiger partial charge on any atom is 0.232 e. The van der Waals surface area contributed by atoms with Crippen LogP contribution >= 0.6 is 11.9 Å². The number of carbonyl (C=O) groups is 2. The van der Waals surface area contributed by atoms with Crippen LogP contribution in [0.4, 0.5) is 0 Å². The first kappa shape index (κ1) is 20.5. The molecule has 0 aromatic heterocycles. The van der Waals surface area contributed by atoms with Crippen molar-refractivity contribution in [3.63, 3.8) is 0 Å². The lowest BCUT2D eigenvalue weighted by molar-refractivity contribution is -0.122. The topological polar surface area (TPSA) is 46.2 Å². The van der Waals surface area contributed by atoms with Crippen LogP contribution in [0.1, 0.15) is 79.6 Å². The first-order valence-electron chi connectivity index (χ1n) is 8.50. The lowest BCUT2D eigenvalue weighted by atomic mass is 9.85. The van der Waals surface area contributed by atoms with Crippen molar-refractivity contribution in [2.24, 2.45) is 11.8 Å². The Kier molecular flexibility index (Phi) is 11.8. The number of hydrogen-bond acceptors (Lipinski definition) is 3. The molecule has 1 fully saturated rings. The summed E-state index contributed by atoms with van der Waals surface area (Å²) in [6.07, 6.45) is 7.21. The number of rotatable bonds is 7. The minimum absolute atomic E-state index is 0.0592.